The lowest BCUT2D eigenvalue weighted by molar-refractivity contribution is 0.204. The molecule has 1 unspecified atom stereocenters. The number of guanidine groups is 1. The zero-order valence-corrected chi connectivity index (χ0v) is 18.6. The van der Waals surface area contributed by atoms with Crippen LogP contribution in [-0.2, 0) is 21.3 Å². The molecule has 0 radical (unpaired) electrons. The standard InChI is InChI=1S/C20H36N4O4S/c1-4-7-17(10-12-25)15-22-20(21-5-2)23-16-18-8-6-9-19(14-18)29(26,27)24-11-13-28-3/h6,8-9,14,17,24-25H,4-5,7,10-13,15-16H2,1-3H3,(H2,21,22,23). The van der Waals surface area contributed by atoms with Crippen LogP contribution in [0.3, 0.4) is 0 Å². The van der Waals surface area contributed by atoms with Crippen molar-refractivity contribution in [1.29, 1.82) is 0 Å². The average molecular weight is 429 g/mol. The highest BCUT2D eigenvalue weighted by molar-refractivity contribution is 7.89. The summed E-state index contributed by atoms with van der Waals surface area (Å²) < 4.78 is 32.1. The Morgan fingerprint density at radius 2 is 2.03 bits per heavy atom. The summed E-state index contributed by atoms with van der Waals surface area (Å²) >= 11 is 0. The van der Waals surface area contributed by atoms with E-state index >= 15 is 0 Å². The second-order valence-electron chi connectivity index (χ2n) is 6.78. The molecule has 0 fully saturated rings. The highest BCUT2D eigenvalue weighted by atomic mass is 32.2. The van der Waals surface area contributed by atoms with Crippen LogP contribution in [0.1, 0.15) is 38.7 Å². The molecule has 1 rings (SSSR count). The van der Waals surface area contributed by atoms with Crippen LogP contribution in [0.5, 0.6) is 0 Å². The van der Waals surface area contributed by atoms with Crippen LogP contribution in [0, 0.1) is 5.92 Å². The van der Waals surface area contributed by atoms with Crippen LogP contribution in [0.25, 0.3) is 0 Å². The van der Waals surface area contributed by atoms with Crippen molar-refractivity contribution in [1.82, 2.24) is 15.4 Å². The van der Waals surface area contributed by atoms with Crippen LogP contribution >= 0.6 is 0 Å². The fraction of sp³-hybridized carbons (Fsp3) is 0.650. The number of nitrogens with one attached hydrogen (secondary N) is 3. The molecule has 8 nitrogen and oxygen atoms in total. The normalized spacial score (nSPS) is 13.3. The number of aliphatic hydroxyl groups excluding tert-OH is 1. The van der Waals surface area contributed by atoms with Crippen molar-refractivity contribution in [3.05, 3.63) is 29.8 Å². The van der Waals surface area contributed by atoms with E-state index in [-0.39, 0.29) is 18.0 Å². The van der Waals surface area contributed by atoms with Gasteiger partial charge >= 0.3 is 0 Å². The molecule has 29 heavy (non-hydrogen) atoms. The minimum absolute atomic E-state index is 0.180. The van der Waals surface area contributed by atoms with E-state index in [0.717, 1.165) is 37.9 Å². The highest BCUT2D eigenvalue weighted by Gasteiger charge is 2.14. The van der Waals surface area contributed by atoms with E-state index < -0.39 is 10.0 Å². The maximum Gasteiger partial charge on any atom is 0.240 e. The number of rotatable bonds is 14. The number of hydrogen-bond donors (Lipinski definition) is 4. The van der Waals surface area contributed by atoms with Gasteiger partial charge in [0, 0.05) is 33.4 Å². The molecule has 0 aromatic heterocycles. The average Bonchev–Trinajstić information content (AvgIpc) is 2.70. The van der Waals surface area contributed by atoms with E-state index in [4.69, 9.17) is 4.74 Å². The Bertz CT molecular complexity index is 704. The Kier molecular flexibility index (Phi) is 12.5. The lowest BCUT2D eigenvalue weighted by Gasteiger charge is -2.18. The molecule has 4 N–H and O–H groups in total. The van der Waals surface area contributed by atoms with Gasteiger partial charge < -0.3 is 20.5 Å². The molecule has 0 heterocycles. The van der Waals surface area contributed by atoms with Crippen LogP contribution < -0.4 is 15.4 Å². The number of sulfonamides is 1. The van der Waals surface area contributed by atoms with Gasteiger partial charge in [-0.25, -0.2) is 18.1 Å². The molecule has 1 aromatic carbocycles. The van der Waals surface area contributed by atoms with Gasteiger partial charge in [0.05, 0.1) is 18.0 Å². The van der Waals surface area contributed by atoms with Gasteiger partial charge in [-0.2, -0.15) is 0 Å². The number of aliphatic hydroxyl groups is 1. The van der Waals surface area contributed by atoms with Crippen LogP contribution in [-0.4, -0.2) is 59.4 Å². The van der Waals surface area contributed by atoms with Gasteiger partial charge in [-0.3, -0.25) is 0 Å². The van der Waals surface area contributed by atoms with Gasteiger partial charge in [-0.1, -0.05) is 25.5 Å². The van der Waals surface area contributed by atoms with Crippen molar-refractivity contribution in [3.63, 3.8) is 0 Å². The number of ether oxygens (including phenoxy) is 1. The summed E-state index contributed by atoms with van der Waals surface area (Å²) in [5.41, 5.74) is 0.803. The van der Waals surface area contributed by atoms with E-state index in [1.54, 1.807) is 18.2 Å². The van der Waals surface area contributed by atoms with Crippen molar-refractivity contribution in [3.8, 4) is 0 Å². The van der Waals surface area contributed by atoms with Gasteiger partial charge in [-0.05, 0) is 43.4 Å². The number of methoxy groups -OCH3 is 1. The Balaban J connectivity index is 2.78. The molecular weight excluding hydrogens is 392 g/mol. The third-order valence-corrected chi connectivity index (χ3v) is 5.82. The first-order valence-corrected chi connectivity index (χ1v) is 11.7. The van der Waals surface area contributed by atoms with Gasteiger partial charge in [0.15, 0.2) is 5.96 Å². The minimum Gasteiger partial charge on any atom is -0.396 e. The quantitative estimate of drug-likeness (QED) is 0.203. The summed E-state index contributed by atoms with van der Waals surface area (Å²) in [5.74, 6) is 1.07. The lowest BCUT2D eigenvalue weighted by Crippen LogP contribution is -2.40. The van der Waals surface area contributed by atoms with Gasteiger partial charge in [-0.15, -0.1) is 0 Å². The molecule has 0 aliphatic carbocycles. The van der Waals surface area contributed by atoms with Crippen molar-refractivity contribution in [2.45, 2.75) is 44.6 Å². The monoisotopic (exact) mass is 428 g/mol. The molecule has 1 aromatic rings. The SMILES string of the molecule is CCCC(CCO)CNC(=NCc1cccc(S(=O)(=O)NCCOC)c1)NCC. The number of aliphatic imine (C=N–C) groups is 1. The number of hydrogen-bond acceptors (Lipinski definition) is 5. The summed E-state index contributed by atoms with van der Waals surface area (Å²) in [6.07, 6.45) is 2.87. The second-order valence-corrected chi connectivity index (χ2v) is 8.55. The van der Waals surface area contributed by atoms with Gasteiger partial charge in [0.25, 0.3) is 0 Å². The first-order chi connectivity index (χ1) is 14.0. The van der Waals surface area contributed by atoms with Crippen molar-refractivity contribution in [2.24, 2.45) is 10.9 Å². The van der Waals surface area contributed by atoms with E-state index in [1.807, 2.05) is 13.0 Å². The molecule has 0 saturated carbocycles. The van der Waals surface area contributed by atoms with Crippen molar-refractivity contribution < 1.29 is 18.3 Å². The van der Waals surface area contributed by atoms with E-state index in [9.17, 15) is 13.5 Å². The third kappa shape index (κ3) is 10.1. The molecule has 0 spiro atoms. The molecule has 0 saturated heterocycles. The van der Waals surface area contributed by atoms with E-state index in [0.29, 0.717) is 25.0 Å². The number of benzene rings is 1. The zero-order valence-electron chi connectivity index (χ0n) is 17.8. The van der Waals surface area contributed by atoms with E-state index in [1.165, 1.54) is 7.11 Å². The fourth-order valence-corrected chi connectivity index (χ4v) is 3.95. The van der Waals surface area contributed by atoms with Crippen LogP contribution in [0.15, 0.2) is 34.2 Å². The molecule has 0 amide bonds. The summed E-state index contributed by atoms with van der Waals surface area (Å²) in [6.45, 7) is 6.66. The smallest absolute Gasteiger partial charge is 0.240 e. The largest absolute Gasteiger partial charge is 0.396 e. The summed E-state index contributed by atoms with van der Waals surface area (Å²) in [7, 11) is -2.05. The molecule has 166 valence electrons. The maximum atomic E-state index is 12.4. The minimum atomic E-state index is -3.57. The Morgan fingerprint density at radius 1 is 1.24 bits per heavy atom. The molecule has 0 aliphatic heterocycles. The summed E-state index contributed by atoms with van der Waals surface area (Å²) in [5, 5.41) is 15.7. The second kappa shape index (κ2) is 14.3. The highest BCUT2D eigenvalue weighted by Crippen LogP contribution is 2.12. The van der Waals surface area contributed by atoms with Crippen molar-refractivity contribution >= 4 is 16.0 Å². The molecule has 9 heteroatoms. The molecule has 0 aliphatic rings. The molecule has 1 atom stereocenters. The Hall–Kier alpha value is -1.68. The molecule has 0 bridgehead atoms. The predicted octanol–water partition coefficient (Wildman–Crippen LogP) is 1.47. The van der Waals surface area contributed by atoms with Gasteiger partial charge in [0.1, 0.15) is 0 Å². The van der Waals surface area contributed by atoms with E-state index in [2.05, 4.69) is 27.3 Å². The fourth-order valence-electron chi connectivity index (χ4n) is 2.86. The summed E-state index contributed by atoms with van der Waals surface area (Å²) in [4.78, 5) is 4.78. The first-order valence-electron chi connectivity index (χ1n) is 10.2. The third-order valence-electron chi connectivity index (χ3n) is 4.36. The predicted molar refractivity (Wildman–Crippen MR) is 116 cm³/mol. The van der Waals surface area contributed by atoms with Crippen LogP contribution in [0.2, 0.25) is 0 Å². The first kappa shape index (κ1) is 25.4. The summed E-state index contributed by atoms with van der Waals surface area (Å²) in [6, 6.07) is 6.77. The van der Waals surface area contributed by atoms with Crippen LogP contribution in [0.4, 0.5) is 0 Å². The zero-order chi connectivity index (χ0) is 21.5. The molecular formula is C20H36N4O4S. The topological polar surface area (TPSA) is 112 Å². The maximum absolute atomic E-state index is 12.4. The van der Waals surface area contributed by atoms with Crippen molar-refractivity contribution in [2.75, 3.05) is 40.0 Å². The number of nitrogens with zero attached hydrogens (tertiary/aromatic N) is 1. The Morgan fingerprint density at radius 3 is 2.69 bits per heavy atom. The Labute approximate surface area is 175 Å². The van der Waals surface area contributed by atoms with Gasteiger partial charge in [0.2, 0.25) is 10.0 Å². The lowest BCUT2D eigenvalue weighted by atomic mass is 10.0.